The van der Waals surface area contributed by atoms with Crippen molar-refractivity contribution in [2.45, 2.75) is 50.9 Å². The molecule has 1 saturated carbocycles. The van der Waals surface area contributed by atoms with Gasteiger partial charge in [0.25, 0.3) is 5.91 Å². The largest absolute Gasteiger partial charge is 0.459 e. The van der Waals surface area contributed by atoms with E-state index in [1.165, 1.54) is 0 Å². The predicted octanol–water partition coefficient (Wildman–Crippen LogP) is 2.70. The molecule has 1 heterocycles. The molecule has 1 fully saturated rings. The highest BCUT2D eigenvalue weighted by Gasteiger charge is 2.38. The lowest BCUT2D eigenvalue weighted by molar-refractivity contribution is -0.166. The molecule has 3 atom stereocenters. The highest BCUT2D eigenvalue weighted by Crippen LogP contribution is 2.39. The number of carbonyl (C=O) groups excluding carboxylic acids is 1. The minimum absolute atomic E-state index is 0.00580. The van der Waals surface area contributed by atoms with Crippen molar-refractivity contribution >= 4 is 5.91 Å². The number of terminal acetylenes is 1. The molecule has 0 spiro atoms. The molecule has 1 aromatic rings. The summed E-state index contributed by atoms with van der Waals surface area (Å²) >= 11 is 0. The van der Waals surface area contributed by atoms with Gasteiger partial charge in [-0.1, -0.05) is 18.1 Å². The van der Waals surface area contributed by atoms with Crippen LogP contribution in [0.15, 0.2) is 36.1 Å². The van der Waals surface area contributed by atoms with Gasteiger partial charge in [-0.15, -0.1) is 6.42 Å². The Balaban J connectivity index is 1.91. The zero-order valence-corrected chi connectivity index (χ0v) is 15.7. The first-order valence-corrected chi connectivity index (χ1v) is 9.64. The number of hydrogen-bond acceptors (Lipinski definition) is 4. The monoisotopic (exact) mass is 369 g/mol. The van der Waals surface area contributed by atoms with Crippen LogP contribution in [-0.4, -0.2) is 36.6 Å². The van der Waals surface area contributed by atoms with Crippen LogP contribution in [0.1, 0.15) is 49.7 Å². The van der Waals surface area contributed by atoms with Crippen molar-refractivity contribution in [2.75, 3.05) is 13.2 Å². The fourth-order valence-electron chi connectivity index (χ4n) is 3.43. The summed E-state index contributed by atoms with van der Waals surface area (Å²) in [7, 11) is 0. The van der Waals surface area contributed by atoms with Crippen LogP contribution < -0.4 is 5.32 Å². The molecule has 5 heteroatoms. The van der Waals surface area contributed by atoms with Crippen molar-refractivity contribution in [1.82, 2.24) is 5.32 Å². The summed E-state index contributed by atoms with van der Waals surface area (Å²) in [4.78, 5) is 12.6. The topological polar surface area (TPSA) is 67.8 Å². The number of rotatable bonds is 8. The standard InChI is InChI=1S/C22H27NO4/c1-3-15-7-9-16(10-8-15)19-14-20(21(25)23-17-11-12-17)27-22(26-4-2)18(19)6-5-13-24/h1,7-10,14,17-19,22,24H,4-6,11-13H2,2H3,(H,23,25)/t18-,19-,22-/m1/s1. The highest BCUT2D eigenvalue weighted by molar-refractivity contribution is 5.92. The summed E-state index contributed by atoms with van der Waals surface area (Å²) < 4.78 is 11.8. The van der Waals surface area contributed by atoms with Crippen molar-refractivity contribution in [3.63, 3.8) is 0 Å². The molecule has 1 aliphatic heterocycles. The molecular weight excluding hydrogens is 342 g/mol. The molecular formula is C22H27NO4. The predicted molar refractivity (Wildman–Crippen MR) is 103 cm³/mol. The highest BCUT2D eigenvalue weighted by atomic mass is 16.7. The molecule has 0 radical (unpaired) electrons. The Kier molecular flexibility index (Phi) is 6.54. The van der Waals surface area contributed by atoms with Crippen LogP contribution in [0.25, 0.3) is 0 Å². The third kappa shape index (κ3) is 4.91. The molecule has 0 unspecified atom stereocenters. The summed E-state index contributed by atoms with van der Waals surface area (Å²) in [6, 6.07) is 8.05. The molecule has 0 saturated heterocycles. The fraction of sp³-hybridized carbons (Fsp3) is 0.500. The molecule has 1 aliphatic carbocycles. The average Bonchev–Trinajstić information content (AvgIpc) is 3.50. The lowest BCUT2D eigenvalue weighted by Gasteiger charge is -2.37. The van der Waals surface area contributed by atoms with Gasteiger partial charge in [-0.2, -0.15) is 0 Å². The maximum absolute atomic E-state index is 12.6. The van der Waals surface area contributed by atoms with E-state index < -0.39 is 6.29 Å². The van der Waals surface area contributed by atoms with Crippen molar-refractivity contribution in [2.24, 2.45) is 5.92 Å². The Morgan fingerprint density at radius 1 is 1.37 bits per heavy atom. The van der Waals surface area contributed by atoms with E-state index >= 15 is 0 Å². The zero-order valence-electron chi connectivity index (χ0n) is 15.7. The van der Waals surface area contributed by atoms with E-state index in [1.54, 1.807) is 0 Å². The Morgan fingerprint density at radius 3 is 2.70 bits per heavy atom. The summed E-state index contributed by atoms with van der Waals surface area (Å²) in [5, 5.41) is 12.3. The number of hydrogen-bond donors (Lipinski definition) is 2. The van der Waals surface area contributed by atoms with Gasteiger partial charge in [-0.25, -0.2) is 0 Å². The van der Waals surface area contributed by atoms with Gasteiger partial charge < -0.3 is 19.9 Å². The Labute approximate surface area is 160 Å². The number of aliphatic hydroxyl groups excluding tert-OH is 1. The summed E-state index contributed by atoms with van der Waals surface area (Å²) in [6.07, 6.45) is 10.2. The summed E-state index contributed by atoms with van der Waals surface area (Å²) in [6.45, 7) is 2.50. The quantitative estimate of drug-likeness (QED) is 0.692. The number of allylic oxidation sites excluding steroid dienone is 1. The SMILES string of the molecule is C#Cc1ccc([C@H]2C=C(C(=O)NC3CC3)O[C@@H](OCC)[C@@H]2CCCO)cc1. The van der Waals surface area contributed by atoms with Gasteiger partial charge in [0.2, 0.25) is 6.29 Å². The van der Waals surface area contributed by atoms with Crippen molar-refractivity contribution in [1.29, 1.82) is 0 Å². The van der Waals surface area contributed by atoms with Crippen LogP contribution >= 0.6 is 0 Å². The third-order valence-corrected chi connectivity index (χ3v) is 5.01. The normalized spacial score (nSPS) is 24.5. The first kappa shape index (κ1) is 19.5. The van der Waals surface area contributed by atoms with E-state index in [0.29, 0.717) is 18.8 Å². The van der Waals surface area contributed by atoms with E-state index in [1.807, 2.05) is 37.3 Å². The molecule has 2 aliphatic rings. The van der Waals surface area contributed by atoms with E-state index in [2.05, 4.69) is 11.2 Å². The van der Waals surface area contributed by atoms with Crippen molar-refractivity contribution in [3.8, 4) is 12.3 Å². The number of benzene rings is 1. The van der Waals surface area contributed by atoms with E-state index in [0.717, 1.165) is 30.4 Å². The molecule has 144 valence electrons. The van der Waals surface area contributed by atoms with Gasteiger partial charge in [0.1, 0.15) is 0 Å². The second kappa shape index (κ2) is 9.07. The maximum Gasteiger partial charge on any atom is 0.286 e. The maximum atomic E-state index is 12.6. The fourth-order valence-corrected chi connectivity index (χ4v) is 3.43. The first-order chi connectivity index (χ1) is 13.2. The van der Waals surface area contributed by atoms with Crippen LogP contribution in [-0.2, 0) is 14.3 Å². The van der Waals surface area contributed by atoms with Crippen LogP contribution in [0.4, 0.5) is 0 Å². The third-order valence-electron chi connectivity index (χ3n) is 5.01. The Morgan fingerprint density at radius 2 is 2.11 bits per heavy atom. The average molecular weight is 369 g/mol. The lowest BCUT2D eigenvalue weighted by atomic mass is 9.80. The number of aliphatic hydroxyl groups is 1. The smallest absolute Gasteiger partial charge is 0.286 e. The lowest BCUT2D eigenvalue weighted by Crippen LogP contribution is -2.39. The summed E-state index contributed by atoms with van der Waals surface area (Å²) in [5.74, 6) is 2.71. The van der Waals surface area contributed by atoms with Crippen molar-refractivity contribution in [3.05, 3.63) is 47.2 Å². The molecule has 3 rings (SSSR count). The Bertz CT molecular complexity index is 715. The Hall–Kier alpha value is -2.29. The van der Waals surface area contributed by atoms with E-state index in [-0.39, 0.29) is 30.4 Å². The van der Waals surface area contributed by atoms with E-state index in [9.17, 15) is 9.90 Å². The van der Waals surface area contributed by atoms with Gasteiger partial charge >= 0.3 is 0 Å². The molecule has 1 aromatic carbocycles. The minimum atomic E-state index is -0.524. The van der Waals surface area contributed by atoms with Crippen LogP contribution in [0.3, 0.4) is 0 Å². The first-order valence-electron chi connectivity index (χ1n) is 9.64. The van der Waals surface area contributed by atoms with Crippen LogP contribution in [0, 0.1) is 18.3 Å². The van der Waals surface area contributed by atoms with Gasteiger partial charge in [0, 0.05) is 36.7 Å². The molecule has 5 nitrogen and oxygen atoms in total. The second-order valence-corrected chi connectivity index (χ2v) is 7.04. The summed E-state index contributed by atoms with van der Waals surface area (Å²) in [5.41, 5.74) is 1.87. The number of amides is 1. The van der Waals surface area contributed by atoms with Crippen molar-refractivity contribution < 1.29 is 19.4 Å². The van der Waals surface area contributed by atoms with Gasteiger partial charge in [-0.3, -0.25) is 4.79 Å². The zero-order chi connectivity index (χ0) is 19.2. The number of carbonyl (C=O) groups is 1. The molecule has 2 N–H and O–H groups in total. The van der Waals surface area contributed by atoms with Gasteiger partial charge in [0.05, 0.1) is 0 Å². The van der Waals surface area contributed by atoms with Crippen LogP contribution in [0.5, 0.6) is 0 Å². The van der Waals surface area contributed by atoms with Gasteiger partial charge in [0.15, 0.2) is 5.76 Å². The van der Waals surface area contributed by atoms with E-state index in [4.69, 9.17) is 15.9 Å². The number of ether oxygens (including phenoxy) is 2. The molecule has 1 amide bonds. The second-order valence-electron chi connectivity index (χ2n) is 7.04. The number of nitrogens with one attached hydrogen (secondary N) is 1. The minimum Gasteiger partial charge on any atom is -0.459 e. The van der Waals surface area contributed by atoms with Gasteiger partial charge in [-0.05, 0) is 56.4 Å². The molecule has 0 bridgehead atoms. The molecule has 27 heavy (non-hydrogen) atoms. The van der Waals surface area contributed by atoms with Crippen LogP contribution in [0.2, 0.25) is 0 Å². The molecule has 0 aromatic heterocycles.